The van der Waals surface area contributed by atoms with Crippen LogP contribution < -0.4 is 0 Å². The van der Waals surface area contributed by atoms with E-state index in [-0.39, 0.29) is 5.92 Å². The van der Waals surface area contributed by atoms with E-state index in [4.69, 9.17) is 16.9 Å². The number of hydrogen-bond acceptors (Lipinski definition) is 1. The molecule has 1 aromatic rings. The van der Waals surface area contributed by atoms with E-state index in [0.29, 0.717) is 0 Å². The molecule has 1 unspecified atom stereocenters. The van der Waals surface area contributed by atoms with Gasteiger partial charge in [0.25, 0.3) is 0 Å². The summed E-state index contributed by atoms with van der Waals surface area (Å²) in [5, 5.41) is 9.43. The van der Waals surface area contributed by atoms with Gasteiger partial charge >= 0.3 is 0 Å². The van der Waals surface area contributed by atoms with Gasteiger partial charge in [-0.2, -0.15) is 5.26 Å². The minimum Gasteiger partial charge on any atom is -0.198 e. The molecule has 1 aliphatic carbocycles. The Morgan fingerprint density at radius 2 is 2.36 bits per heavy atom. The maximum Gasteiger partial charge on any atom is 0.0756 e. The van der Waals surface area contributed by atoms with Crippen molar-refractivity contribution in [3.8, 4) is 6.07 Å². The van der Waals surface area contributed by atoms with Crippen LogP contribution in [0.4, 0.5) is 0 Å². The molecule has 1 aliphatic rings. The highest BCUT2D eigenvalue weighted by atomic mass is 35.5. The Balaban J connectivity index is 2.50. The van der Waals surface area contributed by atoms with Gasteiger partial charge in [0.1, 0.15) is 0 Å². The van der Waals surface area contributed by atoms with Gasteiger partial charge in [-0.25, -0.2) is 0 Å². The highest BCUT2D eigenvalue weighted by Gasteiger charge is 2.27. The van der Waals surface area contributed by atoms with E-state index in [1.165, 1.54) is 0 Å². The van der Waals surface area contributed by atoms with Crippen molar-refractivity contribution in [1.29, 1.82) is 5.26 Å². The van der Waals surface area contributed by atoms with Crippen LogP contribution >= 0.6 is 11.6 Å². The highest BCUT2D eigenvalue weighted by molar-refractivity contribution is 6.31. The van der Waals surface area contributed by atoms with Crippen molar-refractivity contribution in [2.45, 2.75) is 12.3 Å². The first-order valence-electron chi connectivity index (χ1n) is 3.50. The molecule has 0 saturated heterocycles. The summed E-state index contributed by atoms with van der Waals surface area (Å²) < 4.78 is 0. The van der Waals surface area contributed by atoms with E-state index >= 15 is 0 Å². The summed E-state index contributed by atoms with van der Waals surface area (Å²) in [5.74, 6) is 0.0868. The molecular formula is C9H6ClN. The van der Waals surface area contributed by atoms with E-state index in [9.17, 15) is 0 Å². The van der Waals surface area contributed by atoms with Gasteiger partial charge < -0.3 is 0 Å². The van der Waals surface area contributed by atoms with E-state index in [0.717, 1.165) is 22.6 Å². The van der Waals surface area contributed by atoms with Gasteiger partial charge in [0.05, 0.1) is 12.0 Å². The lowest BCUT2D eigenvalue weighted by Crippen LogP contribution is -2.15. The number of rotatable bonds is 0. The lowest BCUT2D eigenvalue weighted by Gasteiger charge is -2.25. The smallest absolute Gasteiger partial charge is 0.0756 e. The van der Waals surface area contributed by atoms with E-state index in [2.05, 4.69) is 6.07 Å². The molecule has 0 radical (unpaired) electrons. The second-order valence-electron chi connectivity index (χ2n) is 2.69. The van der Waals surface area contributed by atoms with Crippen LogP contribution in [0.3, 0.4) is 0 Å². The van der Waals surface area contributed by atoms with Crippen LogP contribution in [0.5, 0.6) is 0 Å². The molecule has 2 heteroatoms. The fourth-order valence-electron chi connectivity index (χ4n) is 1.42. The maximum absolute atomic E-state index is 8.63. The molecule has 0 fully saturated rings. The Kier molecular flexibility index (Phi) is 1.37. The van der Waals surface area contributed by atoms with Gasteiger partial charge in [-0.15, -0.1) is 0 Å². The number of hydrogen-bond donors (Lipinski definition) is 0. The Morgan fingerprint density at radius 3 is 3.09 bits per heavy atom. The van der Waals surface area contributed by atoms with Crippen LogP contribution in [-0.4, -0.2) is 0 Å². The largest absolute Gasteiger partial charge is 0.198 e. The predicted octanol–water partition coefficient (Wildman–Crippen LogP) is 2.50. The number of fused-ring (bicyclic) bond motifs is 1. The third-order valence-electron chi connectivity index (χ3n) is 2.09. The number of halogens is 1. The molecule has 11 heavy (non-hydrogen) atoms. The Hall–Kier alpha value is -1.00. The fourth-order valence-corrected chi connectivity index (χ4v) is 1.67. The van der Waals surface area contributed by atoms with Crippen LogP contribution in [0, 0.1) is 11.3 Å². The predicted molar refractivity (Wildman–Crippen MR) is 43.5 cm³/mol. The van der Waals surface area contributed by atoms with Crippen molar-refractivity contribution < 1.29 is 0 Å². The van der Waals surface area contributed by atoms with Crippen molar-refractivity contribution in [2.75, 3.05) is 0 Å². The van der Waals surface area contributed by atoms with Gasteiger partial charge in [-0.05, 0) is 23.6 Å². The molecule has 0 bridgehead atoms. The Labute approximate surface area is 70.2 Å². The summed E-state index contributed by atoms with van der Waals surface area (Å²) in [4.78, 5) is 0. The van der Waals surface area contributed by atoms with Crippen molar-refractivity contribution in [1.82, 2.24) is 0 Å². The number of nitrogens with zero attached hydrogens (tertiary/aromatic N) is 1. The standard InChI is InChI=1S/C9H6ClN/c10-9-3-1-2-7-6(5-11)4-8(7)9/h1-3,6H,4H2. The molecule has 0 aromatic heterocycles. The molecule has 0 aliphatic heterocycles. The molecule has 0 saturated carbocycles. The molecule has 0 N–H and O–H groups in total. The minimum atomic E-state index is 0.0868. The normalized spacial score (nSPS) is 19.8. The van der Waals surface area contributed by atoms with Gasteiger partial charge in [-0.3, -0.25) is 0 Å². The Morgan fingerprint density at radius 1 is 1.55 bits per heavy atom. The molecule has 0 amide bonds. The molecule has 1 nitrogen and oxygen atoms in total. The van der Waals surface area contributed by atoms with Gasteiger partial charge in [0.2, 0.25) is 0 Å². The average Bonchev–Trinajstić information content (AvgIpc) is 1.95. The van der Waals surface area contributed by atoms with Crippen molar-refractivity contribution in [3.05, 3.63) is 34.3 Å². The summed E-state index contributed by atoms with van der Waals surface area (Å²) in [6.45, 7) is 0. The van der Waals surface area contributed by atoms with Crippen molar-refractivity contribution >= 4 is 11.6 Å². The summed E-state index contributed by atoms with van der Waals surface area (Å²) in [6.07, 6.45) is 0.825. The van der Waals surface area contributed by atoms with Crippen molar-refractivity contribution in [3.63, 3.8) is 0 Å². The first-order chi connectivity index (χ1) is 5.33. The topological polar surface area (TPSA) is 23.8 Å². The quantitative estimate of drug-likeness (QED) is 0.577. The summed E-state index contributed by atoms with van der Waals surface area (Å²) in [5.41, 5.74) is 2.26. The number of benzene rings is 1. The van der Waals surface area contributed by atoms with E-state index in [1.54, 1.807) is 0 Å². The number of nitriles is 1. The third-order valence-corrected chi connectivity index (χ3v) is 2.45. The van der Waals surface area contributed by atoms with Gasteiger partial charge in [0.15, 0.2) is 0 Å². The molecule has 2 rings (SSSR count). The lowest BCUT2D eigenvalue weighted by atomic mass is 9.79. The average molecular weight is 164 g/mol. The first kappa shape index (κ1) is 6.69. The second-order valence-corrected chi connectivity index (χ2v) is 3.10. The first-order valence-corrected chi connectivity index (χ1v) is 3.87. The Bertz CT molecular complexity index is 338. The van der Waals surface area contributed by atoms with Crippen LogP contribution in [0.15, 0.2) is 18.2 Å². The SMILES string of the molecule is N#CC1Cc2c(Cl)cccc21. The summed E-state index contributed by atoms with van der Waals surface area (Å²) in [7, 11) is 0. The third kappa shape index (κ3) is 0.834. The van der Waals surface area contributed by atoms with Crippen LogP contribution in [0.1, 0.15) is 17.0 Å². The lowest BCUT2D eigenvalue weighted by molar-refractivity contribution is 0.745. The summed E-state index contributed by atoms with van der Waals surface area (Å²) in [6, 6.07) is 7.96. The molecule has 0 heterocycles. The van der Waals surface area contributed by atoms with Crippen molar-refractivity contribution in [2.24, 2.45) is 0 Å². The molecular weight excluding hydrogens is 158 g/mol. The monoisotopic (exact) mass is 163 g/mol. The zero-order valence-corrected chi connectivity index (χ0v) is 6.60. The zero-order chi connectivity index (χ0) is 7.84. The van der Waals surface area contributed by atoms with Crippen LogP contribution in [0.25, 0.3) is 0 Å². The van der Waals surface area contributed by atoms with Crippen LogP contribution in [-0.2, 0) is 6.42 Å². The highest BCUT2D eigenvalue weighted by Crippen LogP contribution is 2.38. The van der Waals surface area contributed by atoms with Gasteiger partial charge in [0, 0.05) is 5.02 Å². The van der Waals surface area contributed by atoms with E-state index in [1.807, 2.05) is 18.2 Å². The minimum absolute atomic E-state index is 0.0868. The second kappa shape index (κ2) is 2.25. The maximum atomic E-state index is 8.63. The molecule has 0 spiro atoms. The molecule has 54 valence electrons. The molecule has 1 aromatic carbocycles. The zero-order valence-electron chi connectivity index (χ0n) is 5.84. The van der Waals surface area contributed by atoms with Gasteiger partial charge in [-0.1, -0.05) is 23.7 Å². The van der Waals surface area contributed by atoms with E-state index < -0.39 is 0 Å². The van der Waals surface area contributed by atoms with Crippen LogP contribution in [0.2, 0.25) is 5.02 Å². The summed E-state index contributed by atoms with van der Waals surface area (Å²) >= 11 is 5.88. The fraction of sp³-hybridized carbons (Fsp3) is 0.222. The molecule has 1 atom stereocenters.